The van der Waals surface area contributed by atoms with Crippen LogP contribution < -0.4 is 10.6 Å². The van der Waals surface area contributed by atoms with Crippen LogP contribution in [0.2, 0.25) is 0 Å². The summed E-state index contributed by atoms with van der Waals surface area (Å²) in [6, 6.07) is 6.62. The summed E-state index contributed by atoms with van der Waals surface area (Å²) < 4.78 is 12.9. The van der Waals surface area contributed by atoms with Gasteiger partial charge in [0, 0.05) is 42.0 Å². The van der Waals surface area contributed by atoms with Crippen molar-refractivity contribution in [3.05, 3.63) is 46.2 Å². The normalized spacial score (nSPS) is 11.6. The lowest BCUT2D eigenvalue weighted by atomic mass is 10.4. The van der Waals surface area contributed by atoms with Gasteiger partial charge >= 0.3 is 0 Å². The second-order valence-corrected chi connectivity index (χ2v) is 7.95. The molecular formula is C18H25FN4S2. The lowest BCUT2D eigenvalue weighted by Gasteiger charge is -2.10. The van der Waals surface area contributed by atoms with Gasteiger partial charge in [0.15, 0.2) is 5.96 Å². The third kappa shape index (κ3) is 7.88. The molecule has 0 aliphatic rings. The standard InChI is InChI=1S/C18H25FN4S2/c1-3-20-18(22-11-9-17-23-13-14(2)25-17)21-10-4-12-24-16-7-5-15(19)6-8-16/h5-8,13H,3-4,9-12H2,1-2H3,(H2,20,21,22). The number of aromatic nitrogens is 1. The number of thiazole rings is 1. The molecule has 0 atom stereocenters. The highest BCUT2D eigenvalue weighted by Crippen LogP contribution is 2.18. The van der Waals surface area contributed by atoms with Crippen LogP contribution in [-0.4, -0.2) is 36.3 Å². The average molecular weight is 381 g/mol. The van der Waals surface area contributed by atoms with E-state index in [0.717, 1.165) is 54.1 Å². The number of hydrogen-bond donors (Lipinski definition) is 2. The quantitative estimate of drug-likeness (QED) is 0.300. The Balaban J connectivity index is 1.66. The maximum Gasteiger partial charge on any atom is 0.191 e. The van der Waals surface area contributed by atoms with Crippen molar-refractivity contribution in [1.82, 2.24) is 15.6 Å². The Morgan fingerprint density at radius 1 is 1.28 bits per heavy atom. The van der Waals surface area contributed by atoms with E-state index in [1.165, 1.54) is 17.0 Å². The fourth-order valence-electron chi connectivity index (χ4n) is 2.12. The largest absolute Gasteiger partial charge is 0.357 e. The number of rotatable bonds is 9. The fraction of sp³-hybridized carbons (Fsp3) is 0.444. The molecule has 4 nitrogen and oxygen atoms in total. The summed E-state index contributed by atoms with van der Waals surface area (Å²) in [5, 5.41) is 7.76. The molecule has 0 aliphatic carbocycles. The van der Waals surface area contributed by atoms with Crippen LogP contribution in [-0.2, 0) is 6.42 Å². The van der Waals surface area contributed by atoms with Crippen LogP contribution in [0.4, 0.5) is 4.39 Å². The highest BCUT2D eigenvalue weighted by Gasteiger charge is 2.01. The fourth-order valence-corrected chi connectivity index (χ4v) is 3.75. The van der Waals surface area contributed by atoms with Crippen molar-refractivity contribution >= 4 is 29.1 Å². The van der Waals surface area contributed by atoms with Crippen LogP contribution in [0.15, 0.2) is 40.4 Å². The molecule has 0 radical (unpaired) electrons. The number of benzene rings is 1. The molecule has 0 fully saturated rings. The molecule has 1 aromatic carbocycles. The van der Waals surface area contributed by atoms with Crippen molar-refractivity contribution in [3.8, 4) is 0 Å². The SMILES string of the molecule is CCNC(=NCCCSc1ccc(F)cc1)NCCc1ncc(C)s1. The van der Waals surface area contributed by atoms with Gasteiger partial charge in [-0.1, -0.05) is 0 Å². The Kier molecular flexibility index (Phi) is 8.76. The molecule has 0 saturated carbocycles. The average Bonchev–Trinajstić information content (AvgIpc) is 3.01. The monoisotopic (exact) mass is 380 g/mol. The number of thioether (sulfide) groups is 1. The predicted octanol–water partition coefficient (Wildman–Crippen LogP) is 3.87. The van der Waals surface area contributed by atoms with E-state index in [4.69, 9.17) is 0 Å². The van der Waals surface area contributed by atoms with Crippen LogP contribution >= 0.6 is 23.1 Å². The minimum absolute atomic E-state index is 0.191. The molecule has 2 rings (SSSR count). The first-order valence-corrected chi connectivity index (χ1v) is 10.3. The van der Waals surface area contributed by atoms with Crippen LogP contribution in [0.5, 0.6) is 0 Å². The Labute approximate surface area is 157 Å². The molecule has 1 aromatic heterocycles. The molecule has 7 heteroatoms. The Morgan fingerprint density at radius 2 is 2.08 bits per heavy atom. The van der Waals surface area contributed by atoms with E-state index in [0.29, 0.717) is 0 Å². The third-order valence-electron chi connectivity index (χ3n) is 3.30. The van der Waals surface area contributed by atoms with E-state index in [-0.39, 0.29) is 5.82 Å². The number of nitrogens with zero attached hydrogens (tertiary/aromatic N) is 2. The van der Waals surface area contributed by atoms with Crippen LogP contribution in [0.25, 0.3) is 0 Å². The summed E-state index contributed by atoms with van der Waals surface area (Å²) in [4.78, 5) is 11.3. The summed E-state index contributed by atoms with van der Waals surface area (Å²) in [5.41, 5.74) is 0. The van der Waals surface area contributed by atoms with Crippen molar-refractivity contribution in [2.24, 2.45) is 4.99 Å². The lowest BCUT2D eigenvalue weighted by molar-refractivity contribution is 0.626. The molecule has 0 amide bonds. The van der Waals surface area contributed by atoms with E-state index in [1.807, 2.05) is 18.3 Å². The molecule has 2 aromatic rings. The Morgan fingerprint density at radius 3 is 2.76 bits per heavy atom. The van der Waals surface area contributed by atoms with Gasteiger partial charge in [-0.2, -0.15) is 0 Å². The first kappa shape index (κ1) is 19.7. The van der Waals surface area contributed by atoms with Crippen LogP contribution in [0.3, 0.4) is 0 Å². The van der Waals surface area contributed by atoms with Gasteiger partial charge in [-0.05, 0) is 50.3 Å². The van der Waals surface area contributed by atoms with Crippen molar-refractivity contribution < 1.29 is 4.39 Å². The number of hydrogen-bond acceptors (Lipinski definition) is 4. The zero-order valence-electron chi connectivity index (χ0n) is 14.7. The van der Waals surface area contributed by atoms with Gasteiger partial charge in [-0.15, -0.1) is 23.1 Å². The van der Waals surface area contributed by atoms with E-state index >= 15 is 0 Å². The maximum absolute atomic E-state index is 12.9. The minimum Gasteiger partial charge on any atom is -0.357 e. The van der Waals surface area contributed by atoms with Crippen molar-refractivity contribution in [1.29, 1.82) is 0 Å². The smallest absolute Gasteiger partial charge is 0.191 e. The minimum atomic E-state index is -0.191. The summed E-state index contributed by atoms with van der Waals surface area (Å²) in [6.07, 6.45) is 3.80. The molecular weight excluding hydrogens is 355 g/mol. The molecule has 2 N–H and O–H groups in total. The molecule has 0 saturated heterocycles. The molecule has 0 bridgehead atoms. The van der Waals surface area contributed by atoms with Gasteiger partial charge < -0.3 is 10.6 Å². The van der Waals surface area contributed by atoms with Crippen molar-refractivity contribution in [2.45, 2.75) is 31.6 Å². The Bertz CT molecular complexity index is 655. The highest BCUT2D eigenvalue weighted by molar-refractivity contribution is 7.99. The van der Waals surface area contributed by atoms with Crippen molar-refractivity contribution in [2.75, 3.05) is 25.4 Å². The molecule has 1 heterocycles. The second-order valence-electron chi connectivity index (χ2n) is 5.46. The summed E-state index contributed by atoms with van der Waals surface area (Å²) in [5.74, 6) is 1.62. The molecule has 136 valence electrons. The highest BCUT2D eigenvalue weighted by atomic mass is 32.2. The van der Waals surface area contributed by atoms with E-state index in [2.05, 4.69) is 34.5 Å². The number of nitrogens with one attached hydrogen (secondary N) is 2. The maximum atomic E-state index is 12.9. The molecule has 0 spiro atoms. The number of aliphatic imine (C=N–C) groups is 1. The van der Waals surface area contributed by atoms with Gasteiger partial charge in [-0.3, -0.25) is 4.99 Å². The van der Waals surface area contributed by atoms with Gasteiger partial charge in [0.25, 0.3) is 0 Å². The lowest BCUT2D eigenvalue weighted by Crippen LogP contribution is -2.38. The summed E-state index contributed by atoms with van der Waals surface area (Å²) in [7, 11) is 0. The summed E-state index contributed by atoms with van der Waals surface area (Å²) in [6.45, 7) is 6.56. The van der Waals surface area contributed by atoms with Gasteiger partial charge in [0.2, 0.25) is 0 Å². The first-order valence-electron chi connectivity index (χ1n) is 8.49. The molecule has 0 unspecified atom stereocenters. The zero-order chi connectivity index (χ0) is 17.9. The number of guanidine groups is 1. The van der Waals surface area contributed by atoms with Gasteiger partial charge in [-0.25, -0.2) is 9.37 Å². The second kappa shape index (κ2) is 11.1. The number of aryl methyl sites for hydroxylation is 1. The van der Waals surface area contributed by atoms with E-state index in [9.17, 15) is 4.39 Å². The number of halogens is 1. The predicted molar refractivity (Wildman–Crippen MR) is 106 cm³/mol. The molecule has 25 heavy (non-hydrogen) atoms. The Hall–Kier alpha value is -1.60. The molecule has 0 aliphatic heterocycles. The van der Waals surface area contributed by atoms with Crippen LogP contribution in [0, 0.1) is 12.7 Å². The third-order valence-corrected chi connectivity index (χ3v) is 5.37. The van der Waals surface area contributed by atoms with Gasteiger partial charge in [0.1, 0.15) is 5.82 Å². The van der Waals surface area contributed by atoms with Crippen molar-refractivity contribution in [3.63, 3.8) is 0 Å². The zero-order valence-corrected chi connectivity index (χ0v) is 16.4. The van der Waals surface area contributed by atoms with Crippen LogP contribution in [0.1, 0.15) is 23.2 Å². The first-order chi connectivity index (χ1) is 12.2. The van der Waals surface area contributed by atoms with Gasteiger partial charge in [0.05, 0.1) is 5.01 Å². The summed E-state index contributed by atoms with van der Waals surface area (Å²) >= 11 is 3.47. The van der Waals surface area contributed by atoms with E-state index in [1.54, 1.807) is 23.1 Å². The topological polar surface area (TPSA) is 49.3 Å². The van der Waals surface area contributed by atoms with E-state index < -0.39 is 0 Å².